The molecule has 22 heavy (non-hydrogen) atoms. The van der Waals surface area contributed by atoms with Crippen LogP contribution in [0.15, 0.2) is 45.3 Å². The number of benzene rings is 1. The minimum absolute atomic E-state index is 0.101. The van der Waals surface area contributed by atoms with E-state index < -0.39 is 0 Å². The van der Waals surface area contributed by atoms with E-state index >= 15 is 0 Å². The number of likely N-dealkylation sites (N-methyl/N-ethyl adjacent to an activating group) is 2. The number of nitrogens with zero attached hydrogens (tertiary/aromatic N) is 1. The first-order valence-electron chi connectivity index (χ1n) is 7.26. The van der Waals surface area contributed by atoms with E-state index in [1.165, 1.54) is 0 Å². The predicted octanol–water partition coefficient (Wildman–Crippen LogP) is 2.20. The summed E-state index contributed by atoms with van der Waals surface area (Å²) in [5, 5.41) is 0. The molecule has 0 bridgehead atoms. The SMILES string of the molecule is C[C@H](C(=O)N(C)C)[NH+](C)Cc1ccc(-c2ccc(Br)cc2)o1. The highest BCUT2D eigenvalue weighted by molar-refractivity contribution is 9.10. The van der Waals surface area contributed by atoms with Crippen LogP contribution in [-0.2, 0) is 11.3 Å². The van der Waals surface area contributed by atoms with Crippen LogP contribution in [0, 0.1) is 0 Å². The standard InChI is InChI=1S/C17H21BrN2O2/c1-12(17(21)19(2)3)20(4)11-15-9-10-16(22-15)13-5-7-14(18)8-6-13/h5-10,12H,11H2,1-4H3/p+1/t12-/m1/s1. The monoisotopic (exact) mass is 365 g/mol. The molecule has 0 radical (unpaired) electrons. The minimum Gasteiger partial charge on any atom is -0.455 e. The van der Waals surface area contributed by atoms with E-state index in [2.05, 4.69) is 15.9 Å². The molecule has 1 amide bonds. The smallest absolute Gasteiger partial charge is 0.280 e. The maximum atomic E-state index is 12.0. The first-order valence-corrected chi connectivity index (χ1v) is 8.06. The van der Waals surface area contributed by atoms with Gasteiger partial charge in [-0.2, -0.15) is 0 Å². The number of amides is 1. The van der Waals surface area contributed by atoms with Crippen molar-refractivity contribution in [1.82, 2.24) is 4.90 Å². The van der Waals surface area contributed by atoms with Gasteiger partial charge < -0.3 is 14.2 Å². The molecule has 0 aliphatic carbocycles. The van der Waals surface area contributed by atoms with Gasteiger partial charge in [0.25, 0.3) is 5.91 Å². The largest absolute Gasteiger partial charge is 0.455 e. The molecule has 1 aromatic heterocycles. The lowest BCUT2D eigenvalue weighted by Gasteiger charge is -2.22. The number of carbonyl (C=O) groups is 1. The zero-order chi connectivity index (χ0) is 16.3. The molecule has 2 aromatic rings. The van der Waals surface area contributed by atoms with Gasteiger partial charge in [-0.3, -0.25) is 4.79 Å². The number of hydrogen-bond donors (Lipinski definition) is 1. The summed E-state index contributed by atoms with van der Waals surface area (Å²) in [6.07, 6.45) is 0. The van der Waals surface area contributed by atoms with Crippen LogP contribution in [0.1, 0.15) is 12.7 Å². The number of furan rings is 1. The fraction of sp³-hybridized carbons (Fsp3) is 0.353. The summed E-state index contributed by atoms with van der Waals surface area (Å²) >= 11 is 3.43. The molecule has 0 aliphatic heterocycles. The van der Waals surface area contributed by atoms with Gasteiger partial charge in [0.15, 0.2) is 11.8 Å². The number of halogens is 1. The van der Waals surface area contributed by atoms with Gasteiger partial charge >= 0.3 is 0 Å². The lowest BCUT2D eigenvalue weighted by molar-refractivity contribution is -0.909. The normalized spacial score (nSPS) is 13.7. The fourth-order valence-electron chi connectivity index (χ4n) is 2.27. The molecule has 0 saturated carbocycles. The first-order chi connectivity index (χ1) is 10.4. The van der Waals surface area contributed by atoms with Crippen molar-refractivity contribution in [3.63, 3.8) is 0 Å². The second-order valence-electron chi connectivity index (χ2n) is 5.75. The van der Waals surface area contributed by atoms with E-state index in [4.69, 9.17) is 4.42 Å². The van der Waals surface area contributed by atoms with Crippen LogP contribution in [0.2, 0.25) is 0 Å². The highest BCUT2D eigenvalue weighted by Gasteiger charge is 2.24. The van der Waals surface area contributed by atoms with Crippen LogP contribution in [0.25, 0.3) is 11.3 Å². The number of rotatable bonds is 5. The third-order valence-electron chi connectivity index (χ3n) is 3.79. The second kappa shape index (κ2) is 7.11. The van der Waals surface area contributed by atoms with Crippen molar-refractivity contribution in [2.75, 3.05) is 21.1 Å². The van der Waals surface area contributed by atoms with Crippen LogP contribution in [0.5, 0.6) is 0 Å². The molecule has 0 aliphatic rings. The van der Waals surface area contributed by atoms with Crippen LogP contribution in [-0.4, -0.2) is 38.0 Å². The molecule has 1 unspecified atom stereocenters. The van der Waals surface area contributed by atoms with Crippen LogP contribution in [0.4, 0.5) is 0 Å². The van der Waals surface area contributed by atoms with Gasteiger partial charge in [0.05, 0.1) is 7.05 Å². The van der Waals surface area contributed by atoms with Gasteiger partial charge in [-0.05, 0) is 31.2 Å². The van der Waals surface area contributed by atoms with Gasteiger partial charge in [-0.1, -0.05) is 28.1 Å². The molecule has 0 fully saturated rings. The molecule has 5 heteroatoms. The summed E-state index contributed by atoms with van der Waals surface area (Å²) in [5.41, 5.74) is 1.05. The third kappa shape index (κ3) is 3.99. The quantitative estimate of drug-likeness (QED) is 0.881. The van der Waals surface area contributed by atoms with Crippen molar-refractivity contribution < 1.29 is 14.1 Å². The van der Waals surface area contributed by atoms with Gasteiger partial charge in [0.2, 0.25) is 0 Å². The summed E-state index contributed by atoms with van der Waals surface area (Å²) in [6, 6.07) is 11.9. The fourth-order valence-corrected chi connectivity index (χ4v) is 2.53. The second-order valence-corrected chi connectivity index (χ2v) is 6.67. The molecule has 1 N–H and O–H groups in total. The Kier molecular flexibility index (Phi) is 5.42. The Hall–Kier alpha value is -1.59. The number of nitrogens with one attached hydrogen (secondary N) is 1. The molecule has 0 saturated heterocycles. The molecule has 2 atom stereocenters. The molecule has 2 rings (SSSR count). The Bertz CT molecular complexity index is 634. The maximum absolute atomic E-state index is 12.0. The van der Waals surface area contributed by atoms with Gasteiger partial charge in [-0.25, -0.2) is 0 Å². The zero-order valence-corrected chi connectivity index (χ0v) is 15.0. The van der Waals surface area contributed by atoms with E-state index in [0.29, 0.717) is 6.54 Å². The number of hydrogen-bond acceptors (Lipinski definition) is 2. The molecular formula is C17H22BrN2O2+. The van der Waals surface area contributed by atoms with Crippen LogP contribution >= 0.6 is 15.9 Å². The average Bonchev–Trinajstić information content (AvgIpc) is 2.94. The highest BCUT2D eigenvalue weighted by atomic mass is 79.9. The van der Waals surface area contributed by atoms with E-state index in [9.17, 15) is 4.79 Å². The summed E-state index contributed by atoms with van der Waals surface area (Å²) in [5.74, 6) is 1.85. The van der Waals surface area contributed by atoms with Gasteiger partial charge in [-0.15, -0.1) is 0 Å². The Labute approximate surface area is 139 Å². The zero-order valence-electron chi connectivity index (χ0n) is 13.4. The lowest BCUT2D eigenvalue weighted by Crippen LogP contribution is -3.12. The Morgan fingerprint density at radius 3 is 2.45 bits per heavy atom. The van der Waals surface area contributed by atoms with Crippen LogP contribution < -0.4 is 4.90 Å². The molecule has 1 heterocycles. The maximum Gasteiger partial charge on any atom is 0.280 e. The third-order valence-corrected chi connectivity index (χ3v) is 4.32. The predicted molar refractivity (Wildman–Crippen MR) is 90.6 cm³/mol. The summed E-state index contributed by atoms with van der Waals surface area (Å²) in [4.78, 5) is 14.7. The molecule has 1 aromatic carbocycles. The Morgan fingerprint density at radius 1 is 1.23 bits per heavy atom. The van der Waals surface area contributed by atoms with E-state index in [-0.39, 0.29) is 11.9 Å². The summed E-state index contributed by atoms with van der Waals surface area (Å²) in [7, 11) is 5.57. The van der Waals surface area contributed by atoms with Crippen molar-refractivity contribution in [3.05, 3.63) is 46.6 Å². The highest BCUT2D eigenvalue weighted by Crippen LogP contribution is 2.23. The van der Waals surface area contributed by atoms with Crippen LogP contribution in [0.3, 0.4) is 0 Å². The van der Waals surface area contributed by atoms with Crippen molar-refractivity contribution in [3.8, 4) is 11.3 Å². The molecule has 4 nitrogen and oxygen atoms in total. The molecular weight excluding hydrogens is 344 g/mol. The molecule has 118 valence electrons. The van der Waals surface area contributed by atoms with Gasteiger partial charge in [0.1, 0.15) is 12.3 Å². The van der Waals surface area contributed by atoms with Crippen molar-refractivity contribution in [2.45, 2.75) is 19.5 Å². The minimum atomic E-state index is -0.101. The van der Waals surface area contributed by atoms with E-state index in [1.807, 2.05) is 50.4 Å². The van der Waals surface area contributed by atoms with E-state index in [1.54, 1.807) is 19.0 Å². The molecule has 0 spiro atoms. The van der Waals surface area contributed by atoms with Gasteiger partial charge in [0, 0.05) is 24.1 Å². The topological polar surface area (TPSA) is 37.9 Å². The Balaban J connectivity index is 2.06. The first kappa shape index (κ1) is 16.8. The summed E-state index contributed by atoms with van der Waals surface area (Å²) in [6.45, 7) is 2.62. The van der Waals surface area contributed by atoms with Crippen molar-refractivity contribution >= 4 is 21.8 Å². The van der Waals surface area contributed by atoms with E-state index in [0.717, 1.165) is 26.5 Å². The summed E-state index contributed by atoms with van der Waals surface area (Å²) < 4.78 is 6.95. The van der Waals surface area contributed by atoms with Crippen molar-refractivity contribution in [2.24, 2.45) is 0 Å². The number of quaternary nitrogens is 1. The van der Waals surface area contributed by atoms with Crippen molar-refractivity contribution in [1.29, 1.82) is 0 Å². The number of carbonyl (C=O) groups excluding carboxylic acids is 1. The Morgan fingerprint density at radius 2 is 1.86 bits per heavy atom. The average molecular weight is 366 g/mol. The lowest BCUT2D eigenvalue weighted by atomic mass is 10.2.